The Bertz CT molecular complexity index is 1090. The number of aryl methyl sites for hydroxylation is 1. The lowest BCUT2D eigenvalue weighted by atomic mass is 10.1. The molecule has 6 heteroatoms. The fourth-order valence-electron chi connectivity index (χ4n) is 3.03. The lowest BCUT2D eigenvalue weighted by molar-refractivity contribution is 0.102. The summed E-state index contributed by atoms with van der Waals surface area (Å²) in [5.41, 5.74) is 4.81. The van der Waals surface area contributed by atoms with E-state index in [1.807, 2.05) is 73.7 Å². The zero-order valence-corrected chi connectivity index (χ0v) is 15.4. The van der Waals surface area contributed by atoms with Crippen LogP contribution >= 0.6 is 0 Å². The first-order valence-electron chi connectivity index (χ1n) is 8.95. The number of nitrogens with zero attached hydrogens (tertiary/aromatic N) is 4. The highest BCUT2D eigenvalue weighted by Crippen LogP contribution is 2.21. The lowest BCUT2D eigenvalue weighted by Crippen LogP contribution is -2.16. The molecule has 1 amide bonds. The van der Waals surface area contributed by atoms with Crippen LogP contribution in [0.5, 0.6) is 0 Å². The van der Waals surface area contributed by atoms with Crippen LogP contribution in [0.25, 0.3) is 11.3 Å². The van der Waals surface area contributed by atoms with Crippen molar-refractivity contribution < 1.29 is 4.79 Å². The predicted octanol–water partition coefficient (Wildman–Crippen LogP) is 3.95. The molecule has 0 aliphatic heterocycles. The highest BCUT2D eigenvalue weighted by atomic mass is 16.1. The van der Waals surface area contributed by atoms with Gasteiger partial charge >= 0.3 is 0 Å². The van der Waals surface area contributed by atoms with Crippen LogP contribution in [0.15, 0.2) is 79.4 Å². The predicted molar refractivity (Wildman–Crippen MR) is 108 cm³/mol. The van der Waals surface area contributed by atoms with Gasteiger partial charge in [0.2, 0.25) is 0 Å². The van der Waals surface area contributed by atoms with Crippen molar-refractivity contribution in [2.45, 2.75) is 13.5 Å². The number of carbonyl (C=O) groups is 1. The van der Waals surface area contributed by atoms with Gasteiger partial charge in [0.05, 0.1) is 23.5 Å². The van der Waals surface area contributed by atoms with Gasteiger partial charge < -0.3 is 5.32 Å². The van der Waals surface area contributed by atoms with Crippen LogP contribution in [-0.4, -0.2) is 25.7 Å². The van der Waals surface area contributed by atoms with Crippen LogP contribution < -0.4 is 5.32 Å². The third-order valence-electron chi connectivity index (χ3n) is 4.46. The first kappa shape index (κ1) is 17.6. The molecule has 2 aromatic carbocycles. The Kier molecular flexibility index (Phi) is 4.93. The summed E-state index contributed by atoms with van der Waals surface area (Å²) in [5.74, 6) is -0.185. The molecule has 0 saturated heterocycles. The number of carbonyl (C=O) groups excluding carboxylic acids is 1. The summed E-state index contributed by atoms with van der Waals surface area (Å²) >= 11 is 0. The number of aromatic nitrogens is 4. The molecule has 2 heterocycles. The standard InChI is InChI=1S/C22H19N5O/c1-16-19(11-12-21(25-16)17-7-3-2-4-8-17)22(28)26-20-10-6-5-9-18(20)13-27-15-23-14-24-27/h2-12,14-15H,13H2,1H3,(H,26,28). The van der Waals surface area contributed by atoms with E-state index in [9.17, 15) is 4.79 Å². The van der Waals surface area contributed by atoms with Crippen molar-refractivity contribution in [1.82, 2.24) is 19.7 Å². The Morgan fingerprint density at radius 1 is 1.00 bits per heavy atom. The zero-order valence-electron chi connectivity index (χ0n) is 15.4. The molecule has 0 radical (unpaired) electrons. The second kappa shape index (κ2) is 7.84. The molecule has 2 aromatic heterocycles. The summed E-state index contributed by atoms with van der Waals surface area (Å²) in [5, 5.41) is 7.12. The van der Waals surface area contributed by atoms with E-state index in [-0.39, 0.29) is 5.91 Å². The van der Waals surface area contributed by atoms with Gasteiger partial charge in [-0.3, -0.25) is 9.78 Å². The van der Waals surface area contributed by atoms with Gasteiger partial charge in [-0.25, -0.2) is 9.67 Å². The minimum absolute atomic E-state index is 0.185. The largest absolute Gasteiger partial charge is 0.322 e. The maximum absolute atomic E-state index is 12.9. The summed E-state index contributed by atoms with van der Waals surface area (Å²) < 4.78 is 1.71. The van der Waals surface area contributed by atoms with Crippen LogP contribution in [-0.2, 0) is 6.54 Å². The molecule has 0 fully saturated rings. The molecule has 138 valence electrons. The van der Waals surface area contributed by atoms with E-state index in [1.54, 1.807) is 11.0 Å². The molecule has 0 atom stereocenters. The van der Waals surface area contributed by atoms with Crippen molar-refractivity contribution >= 4 is 11.6 Å². The Labute approximate surface area is 162 Å². The second-order valence-electron chi connectivity index (χ2n) is 6.40. The average Bonchev–Trinajstić information content (AvgIpc) is 3.23. The maximum Gasteiger partial charge on any atom is 0.257 e. The van der Waals surface area contributed by atoms with Gasteiger partial charge in [-0.2, -0.15) is 5.10 Å². The third kappa shape index (κ3) is 3.81. The SMILES string of the molecule is Cc1nc(-c2ccccc2)ccc1C(=O)Nc1ccccc1Cn1cncn1. The molecule has 0 aliphatic rings. The van der Waals surface area contributed by atoms with E-state index in [0.717, 1.165) is 22.5 Å². The Morgan fingerprint density at radius 2 is 1.79 bits per heavy atom. The highest BCUT2D eigenvalue weighted by molar-refractivity contribution is 6.05. The normalized spacial score (nSPS) is 10.6. The van der Waals surface area contributed by atoms with Gasteiger partial charge in [-0.15, -0.1) is 0 Å². The molecule has 6 nitrogen and oxygen atoms in total. The number of rotatable bonds is 5. The summed E-state index contributed by atoms with van der Waals surface area (Å²) in [6.45, 7) is 2.38. The number of hydrogen-bond acceptors (Lipinski definition) is 4. The number of pyridine rings is 1. The molecule has 28 heavy (non-hydrogen) atoms. The highest BCUT2D eigenvalue weighted by Gasteiger charge is 2.13. The molecule has 0 spiro atoms. The average molecular weight is 369 g/mol. The number of anilines is 1. The molecular weight excluding hydrogens is 350 g/mol. The molecule has 0 aliphatic carbocycles. The maximum atomic E-state index is 12.9. The molecule has 1 N–H and O–H groups in total. The number of amides is 1. The van der Waals surface area contributed by atoms with Crippen molar-refractivity contribution in [2.24, 2.45) is 0 Å². The van der Waals surface area contributed by atoms with Crippen LogP contribution in [0, 0.1) is 6.92 Å². The Morgan fingerprint density at radius 3 is 2.54 bits per heavy atom. The molecule has 0 bridgehead atoms. The van der Waals surface area contributed by atoms with Crippen molar-refractivity contribution in [1.29, 1.82) is 0 Å². The van der Waals surface area contributed by atoms with Crippen molar-refractivity contribution in [3.05, 3.63) is 96.2 Å². The van der Waals surface area contributed by atoms with Crippen LogP contribution in [0.3, 0.4) is 0 Å². The summed E-state index contributed by atoms with van der Waals surface area (Å²) in [4.78, 5) is 21.4. The molecule has 4 aromatic rings. The Hall–Kier alpha value is -3.80. The molecule has 4 rings (SSSR count). The third-order valence-corrected chi connectivity index (χ3v) is 4.46. The number of benzene rings is 2. The van der Waals surface area contributed by atoms with Crippen LogP contribution in [0.2, 0.25) is 0 Å². The first-order valence-corrected chi connectivity index (χ1v) is 8.95. The fraction of sp³-hybridized carbons (Fsp3) is 0.0909. The number of nitrogens with one attached hydrogen (secondary N) is 1. The smallest absolute Gasteiger partial charge is 0.257 e. The topological polar surface area (TPSA) is 72.7 Å². The summed E-state index contributed by atoms with van der Waals surface area (Å²) in [7, 11) is 0. The fourth-order valence-corrected chi connectivity index (χ4v) is 3.03. The van der Waals surface area contributed by atoms with E-state index < -0.39 is 0 Å². The van der Waals surface area contributed by atoms with Gasteiger partial charge in [0.25, 0.3) is 5.91 Å². The molecule has 0 unspecified atom stereocenters. The van der Waals surface area contributed by atoms with Gasteiger partial charge in [0.15, 0.2) is 0 Å². The molecule has 0 saturated carbocycles. The number of para-hydroxylation sites is 1. The van der Waals surface area contributed by atoms with Gasteiger partial charge in [-0.05, 0) is 30.7 Å². The van der Waals surface area contributed by atoms with Gasteiger partial charge in [0.1, 0.15) is 12.7 Å². The van der Waals surface area contributed by atoms with Gasteiger partial charge in [-0.1, -0.05) is 48.5 Å². The van der Waals surface area contributed by atoms with E-state index in [2.05, 4.69) is 20.4 Å². The first-order chi connectivity index (χ1) is 13.7. The summed E-state index contributed by atoms with van der Waals surface area (Å²) in [6, 6.07) is 21.3. The van der Waals surface area contributed by atoms with E-state index in [0.29, 0.717) is 17.8 Å². The molecular formula is C22H19N5O. The quantitative estimate of drug-likeness (QED) is 0.578. The lowest BCUT2D eigenvalue weighted by Gasteiger charge is -2.12. The van der Waals surface area contributed by atoms with Crippen molar-refractivity contribution in [3.63, 3.8) is 0 Å². The van der Waals surface area contributed by atoms with E-state index in [4.69, 9.17) is 0 Å². The minimum atomic E-state index is -0.185. The van der Waals surface area contributed by atoms with Crippen molar-refractivity contribution in [2.75, 3.05) is 5.32 Å². The van der Waals surface area contributed by atoms with E-state index >= 15 is 0 Å². The van der Waals surface area contributed by atoms with Crippen LogP contribution in [0.4, 0.5) is 5.69 Å². The Balaban J connectivity index is 1.56. The number of hydrogen-bond donors (Lipinski definition) is 1. The van der Waals surface area contributed by atoms with E-state index in [1.165, 1.54) is 6.33 Å². The van der Waals surface area contributed by atoms with Crippen LogP contribution in [0.1, 0.15) is 21.6 Å². The van der Waals surface area contributed by atoms with Gasteiger partial charge in [0, 0.05) is 11.3 Å². The second-order valence-corrected chi connectivity index (χ2v) is 6.40. The zero-order chi connectivity index (χ0) is 19.3. The minimum Gasteiger partial charge on any atom is -0.322 e. The summed E-state index contributed by atoms with van der Waals surface area (Å²) in [6.07, 6.45) is 3.14. The van der Waals surface area contributed by atoms with Crippen molar-refractivity contribution in [3.8, 4) is 11.3 Å². The monoisotopic (exact) mass is 369 g/mol.